The maximum Gasteiger partial charge on any atom is 0.407 e. The zero-order valence-corrected chi connectivity index (χ0v) is 17.0. The molecule has 0 spiro atoms. The van der Waals surface area contributed by atoms with Gasteiger partial charge in [0.1, 0.15) is 23.2 Å². The molecule has 1 fully saturated rings. The van der Waals surface area contributed by atoms with Crippen molar-refractivity contribution in [3.05, 3.63) is 24.0 Å². The van der Waals surface area contributed by atoms with Crippen molar-refractivity contribution in [2.24, 2.45) is 0 Å². The summed E-state index contributed by atoms with van der Waals surface area (Å²) < 4.78 is 26.1. The summed E-state index contributed by atoms with van der Waals surface area (Å²) in [4.78, 5) is 30.4. The van der Waals surface area contributed by atoms with E-state index in [0.717, 1.165) is 0 Å². The number of alkyl carbamates (subject to hydrolysis) is 1. The van der Waals surface area contributed by atoms with Gasteiger partial charge in [0, 0.05) is 19.2 Å². The summed E-state index contributed by atoms with van der Waals surface area (Å²) in [6.45, 7) is 7.76. The van der Waals surface area contributed by atoms with Crippen LogP contribution in [0.15, 0.2) is 18.5 Å². The minimum atomic E-state index is -1.14. The maximum absolute atomic E-state index is 14.4. The maximum atomic E-state index is 14.4. The lowest BCUT2D eigenvalue weighted by atomic mass is 10.0. The number of aromatic nitrogens is 3. The minimum absolute atomic E-state index is 0.137. The Hall–Kier alpha value is -2.91. The fourth-order valence-corrected chi connectivity index (χ4v) is 3.19. The Morgan fingerprint density at radius 1 is 1.34 bits per heavy atom. The summed E-state index contributed by atoms with van der Waals surface area (Å²) in [5.74, 6) is -0.0273. The summed E-state index contributed by atoms with van der Waals surface area (Å²) in [5, 5.41) is 6.82. The highest BCUT2D eigenvalue weighted by molar-refractivity contribution is 5.95. The number of ether oxygens (including phenoxy) is 2. The van der Waals surface area contributed by atoms with Gasteiger partial charge in [-0.25, -0.2) is 23.5 Å². The number of carbonyl (C=O) groups excluding carboxylic acids is 2. The molecule has 3 rings (SSSR count). The first-order valence-corrected chi connectivity index (χ1v) is 9.56. The smallest absolute Gasteiger partial charge is 0.407 e. The molecule has 158 valence electrons. The molecule has 2 atom stereocenters. The molecule has 1 aliphatic rings. The lowest BCUT2D eigenvalue weighted by molar-refractivity contribution is 0.0487. The van der Waals surface area contributed by atoms with E-state index >= 15 is 0 Å². The van der Waals surface area contributed by atoms with E-state index in [0.29, 0.717) is 18.0 Å². The predicted octanol–water partition coefficient (Wildman–Crippen LogP) is 2.35. The van der Waals surface area contributed by atoms with Gasteiger partial charge < -0.3 is 19.7 Å². The van der Waals surface area contributed by atoms with Crippen molar-refractivity contribution in [1.82, 2.24) is 19.9 Å². The van der Waals surface area contributed by atoms with E-state index in [9.17, 15) is 14.0 Å². The molecule has 3 heterocycles. The van der Waals surface area contributed by atoms with Gasteiger partial charge in [0.15, 0.2) is 5.65 Å². The quantitative estimate of drug-likeness (QED) is 0.777. The van der Waals surface area contributed by atoms with Gasteiger partial charge in [-0.3, -0.25) is 0 Å². The topological polar surface area (TPSA) is 98.1 Å². The first kappa shape index (κ1) is 20.8. The monoisotopic (exact) mass is 407 g/mol. The number of piperidine rings is 1. The van der Waals surface area contributed by atoms with Crippen molar-refractivity contribution in [3.8, 4) is 0 Å². The third-order valence-electron chi connectivity index (χ3n) is 4.29. The number of amides is 1. The van der Waals surface area contributed by atoms with Gasteiger partial charge in [-0.2, -0.15) is 5.10 Å². The van der Waals surface area contributed by atoms with Crippen LogP contribution in [0, 0.1) is 0 Å². The van der Waals surface area contributed by atoms with Crippen molar-refractivity contribution in [3.63, 3.8) is 0 Å². The van der Waals surface area contributed by atoms with Crippen LogP contribution < -0.4 is 10.2 Å². The molecule has 1 N–H and O–H groups in total. The van der Waals surface area contributed by atoms with E-state index < -0.39 is 29.9 Å². The largest absolute Gasteiger partial charge is 0.462 e. The molecular weight excluding hydrogens is 381 g/mol. The van der Waals surface area contributed by atoms with Crippen LogP contribution in [0.5, 0.6) is 0 Å². The molecule has 0 radical (unpaired) electrons. The molecule has 2 aromatic heterocycles. The highest BCUT2D eigenvalue weighted by Crippen LogP contribution is 2.22. The second-order valence-corrected chi connectivity index (χ2v) is 7.91. The lowest BCUT2D eigenvalue weighted by Crippen LogP contribution is -2.52. The summed E-state index contributed by atoms with van der Waals surface area (Å²) in [7, 11) is 0. The Morgan fingerprint density at radius 3 is 2.79 bits per heavy atom. The summed E-state index contributed by atoms with van der Waals surface area (Å²) in [6, 6.07) is 1.26. The van der Waals surface area contributed by atoms with Crippen LogP contribution in [-0.4, -0.2) is 64.2 Å². The second-order valence-electron chi connectivity index (χ2n) is 7.91. The van der Waals surface area contributed by atoms with Crippen LogP contribution in [-0.2, 0) is 9.47 Å². The molecule has 0 bridgehead atoms. The molecule has 9 nitrogen and oxygen atoms in total. The Morgan fingerprint density at radius 2 is 2.10 bits per heavy atom. The van der Waals surface area contributed by atoms with E-state index in [1.165, 1.54) is 10.7 Å². The zero-order valence-electron chi connectivity index (χ0n) is 17.0. The van der Waals surface area contributed by atoms with Crippen LogP contribution in [0.1, 0.15) is 44.5 Å². The molecule has 2 aromatic rings. The van der Waals surface area contributed by atoms with Crippen molar-refractivity contribution in [2.75, 3.05) is 24.6 Å². The summed E-state index contributed by atoms with van der Waals surface area (Å²) in [6.07, 6.45) is 1.51. The molecule has 1 saturated heterocycles. The van der Waals surface area contributed by atoms with Crippen LogP contribution in [0.3, 0.4) is 0 Å². The summed E-state index contributed by atoms with van der Waals surface area (Å²) in [5.41, 5.74) is -0.0597. The zero-order chi connectivity index (χ0) is 21.2. The van der Waals surface area contributed by atoms with Gasteiger partial charge in [-0.15, -0.1) is 0 Å². The van der Waals surface area contributed by atoms with E-state index in [1.807, 2.05) is 0 Å². The third kappa shape index (κ3) is 5.12. The molecule has 0 aromatic carbocycles. The van der Waals surface area contributed by atoms with Gasteiger partial charge >= 0.3 is 12.1 Å². The number of nitrogens with zero attached hydrogens (tertiary/aromatic N) is 4. The summed E-state index contributed by atoms with van der Waals surface area (Å²) >= 11 is 0. The molecule has 0 saturated carbocycles. The first-order chi connectivity index (χ1) is 13.7. The molecule has 0 unspecified atom stereocenters. The fourth-order valence-electron chi connectivity index (χ4n) is 3.19. The Balaban J connectivity index is 1.78. The average Bonchev–Trinajstić information content (AvgIpc) is 3.02. The number of rotatable bonds is 4. The van der Waals surface area contributed by atoms with Crippen LogP contribution in [0.2, 0.25) is 0 Å². The van der Waals surface area contributed by atoms with Gasteiger partial charge in [0.05, 0.1) is 25.4 Å². The predicted molar refractivity (Wildman–Crippen MR) is 104 cm³/mol. The number of halogens is 1. The number of carbonyl (C=O) groups is 2. The number of esters is 1. The standard InChI is InChI=1S/C19H26FN5O4/c1-5-28-17(26)14-9-21-25-7-6-15(23-16(14)25)24-10-12(20)8-13(11-24)22-18(27)29-19(2,3)4/h6-7,9,12-13H,5,8,10-11H2,1-4H3,(H,22,27)/t12-,13-/m1/s1. The fraction of sp³-hybridized carbons (Fsp3) is 0.579. The van der Waals surface area contributed by atoms with E-state index in [-0.39, 0.29) is 25.1 Å². The van der Waals surface area contributed by atoms with Crippen molar-refractivity contribution in [2.45, 2.75) is 51.9 Å². The number of hydrogen-bond acceptors (Lipinski definition) is 7. The molecule has 29 heavy (non-hydrogen) atoms. The first-order valence-electron chi connectivity index (χ1n) is 9.56. The third-order valence-corrected chi connectivity index (χ3v) is 4.29. The normalized spacial score (nSPS) is 19.8. The number of hydrogen-bond donors (Lipinski definition) is 1. The Labute approximate surface area is 168 Å². The number of anilines is 1. The molecule has 10 heteroatoms. The number of alkyl halides is 1. The molecular formula is C19H26FN5O4. The average molecular weight is 407 g/mol. The lowest BCUT2D eigenvalue weighted by Gasteiger charge is -2.36. The van der Waals surface area contributed by atoms with Crippen LogP contribution >= 0.6 is 0 Å². The van der Waals surface area contributed by atoms with Gasteiger partial charge in [-0.1, -0.05) is 0 Å². The number of fused-ring (bicyclic) bond motifs is 1. The van der Waals surface area contributed by atoms with E-state index in [1.54, 1.807) is 44.9 Å². The van der Waals surface area contributed by atoms with Crippen molar-refractivity contribution < 1.29 is 23.5 Å². The highest BCUT2D eigenvalue weighted by Gasteiger charge is 2.30. The van der Waals surface area contributed by atoms with Gasteiger partial charge in [0.2, 0.25) is 0 Å². The minimum Gasteiger partial charge on any atom is -0.462 e. The van der Waals surface area contributed by atoms with E-state index in [4.69, 9.17) is 9.47 Å². The van der Waals surface area contributed by atoms with Crippen molar-refractivity contribution in [1.29, 1.82) is 0 Å². The van der Waals surface area contributed by atoms with Crippen LogP contribution in [0.25, 0.3) is 5.65 Å². The Bertz CT molecular complexity index is 894. The van der Waals surface area contributed by atoms with Crippen LogP contribution in [0.4, 0.5) is 15.0 Å². The molecule has 1 aliphatic heterocycles. The van der Waals surface area contributed by atoms with Crippen molar-refractivity contribution >= 4 is 23.5 Å². The van der Waals surface area contributed by atoms with E-state index in [2.05, 4.69) is 15.4 Å². The Kier molecular flexibility index (Phi) is 5.90. The second kappa shape index (κ2) is 8.22. The molecule has 0 aliphatic carbocycles. The van der Waals surface area contributed by atoms with Gasteiger partial charge in [0.25, 0.3) is 0 Å². The number of nitrogens with one attached hydrogen (secondary N) is 1. The highest BCUT2D eigenvalue weighted by atomic mass is 19.1. The SMILES string of the molecule is CCOC(=O)c1cnn2ccc(N3C[C@H](F)C[C@@H](NC(=O)OC(C)(C)C)C3)nc12. The molecule has 1 amide bonds. The van der Waals surface area contributed by atoms with Gasteiger partial charge in [-0.05, 0) is 33.8 Å².